The van der Waals surface area contributed by atoms with Gasteiger partial charge in [0, 0.05) is 37.3 Å². The van der Waals surface area contributed by atoms with Crippen LogP contribution in [0.2, 0.25) is 0 Å². The fraction of sp³-hybridized carbons (Fsp3) is 0.615. The maximum Gasteiger partial charge on any atom is 0.0621 e. The van der Waals surface area contributed by atoms with Crippen molar-refractivity contribution < 1.29 is 0 Å². The Morgan fingerprint density at radius 1 is 1.50 bits per heavy atom. The van der Waals surface area contributed by atoms with Crippen molar-refractivity contribution in [2.75, 3.05) is 0 Å². The van der Waals surface area contributed by atoms with E-state index in [0.29, 0.717) is 6.42 Å². The van der Waals surface area contributed by atoms with Gasteiger partial charge in [-0.15, -0.1) is 0 Å². The molecule has 3 heteroatoms. The maximum atomic E-state index is 8.46. The molecule has 0 saturated heterocycles. The van der Waals surface area contributed by atoms with Crippen molar-refractivity contribution in [1.29, 1.82) is 5.26 Å². The molecule has 88 valence electrons. The minimum Gasteiger partial charge on any atom is -0.351 e. The molecule has 0 amide bonds. The molecule has 0 aliphatic rings. The molecule has 0 aromatic carbocycles. The van der Waals surface area contributed by atoms with E-state index >= 15 is 0 Å². The van der Waals surface area contributed by atoms with Crippen LogP contribution < -0.4 is 5.73 Å². The largest absolute Gasteiger partial charge is 0.351 e. The van der Waals surface area contributed by atoms with E-state index in [1.165, 1.54) is 5.69 Å². The Morgan fingerprint density at radius 2 is 2.31 bits per heavy atom. The van der Waals surface area contributed by atoms with Crippen molar-refractivity contribution in [3.63, 3.8) is 0 Å². The zero-order chi connectivity index (χ0) is 11.8. The number of hydrogen-bond donors (Lipinski definition) is 1. The monoisotopic (exact) mass is 219 g/mol. The number of nitrogens with two attached hydrogens (primary N) is 1. The number of aromatic nitrogens is 1. The van der Waals surface area contributed by atoms with Gasteiger partial charge < -0.3 is 10.3 Å². The molecule has 0 spiro atoms. The van der Waals surface area contributed by atoms with E-state index in [0.717, 1.165) is 32.2 Å². The van der Waals surface area contributed by atoms with Gasteiger partial charge in [0.1, 0.15) is 0 Å². The highest BCUT2D eigenvalue weighted by molar-refractivity contribution is 5.08. The van der Waals surface area contributed by atoms with E-state index in [2.05, 4.69) is 35.9 Å². The number of hydrogen-bond acceptors (Lipinski definition) is 2. The SMILES string of the molecule is CCC(N)Cc1cccn1CCCCC#N. The highest BCUT2D eigenvalue weighted by Gasteiger charge is 2.05. The first-order chi connectivity index (χ1) is 7.77. The van der Waals surface area contributed by atoms with E-state index in [-0.39, 0.29) is 6.04 Å². The average molecular weight is 219 g/mol. The molecule has 0 bridgehead atoms. The maximum absolute atomic E-state index is 8.46. The van der Waals surface area contributed by atoms with Crippen molar-refractivity contribution in [3.8, 4) is 6.07 Å². The summed E-state index contributed by atoms with van der Waals surface area (Å²) in [6, 6.07) is 6.64. The highest BCUT2D eigenvalue weighted by atomic mass is 15.0. The van der Waals surface area contributed by atoms with Gasteiger partial charge in [-0.3, -0.25) is 0 Å². The summed E-state index contributed by atoms with van der Waals surface area (Å²) in [5.74, 6) is 0. The van der Waals surface area contributed by atoms with Crippen LogP contribution in [0.25, 0.3) is 0 Å². The van der Waals surface area contributed by atoms with Gasteiger partial charge in [-0.2, -0.15) is 5.26 Å². The second-order valence-corrected chi connectivity index (χ2v) is 4.18. The van der Waals surface area contributed by atoms with Crippen LogP contribution in [0.4, 0.5) is 0 Å². The lowest BCUT2D eigenvalue weighted by molar-refractivity contribution is 0.565. The van der Waals surface area contributed by atoms with Crippen LogP contribution >= 0.6 is 0 Å². The summed E-state index contributed by atoms with van der Waals surface area (Å²) < 4.78 is 2.26. The Morgan fingerprint density at radius 3 is 3.00 bits per heavy atom. The van der Waals surface area contributed by atoms with Crippen LogP contribution in [0.1, 0.15) is 38.3 Å². The Balaban J connectivity index is 2.41. The van der Waals surface area contributed by atoms with Crippen molar-refractivity contribution in [1.82, 2.24) is 4.57 Å². The molecular weight excluding hydrogens is 198 g/mol. The van der Waals surface area contributed by atoms with Gasteiger partial charge in [0.2, 0.25) is 0 Å². The third-order valence-corrected chi connectivity index (χ3v) is 2.86. The number of unbranched alkanes of at least 4 members (excludes halogenated alkanes) is 2. The van der Waals surface area contributed by atoms with Crippen molar-refractivity contribution in [2.24, 2.45) is 5.73 Å². The third-order valence-electron chi connectivity index (χ3n) is 2.86. The zero-order valence-electron chi connectivity index (χ0n) is 10.0. The molecule has 1 unspecified atom stereocenters. The lowest BCUT2D eigenvalue weighted by Gasteiger charge is -2.12. The second kappa shape index (κ2) is 7.08. The van der Waals surface area contributed by atoms with Crippen LogP contribution in [-0.2, 0) is 13.0 Å². The first-order valence-electron chi connectivity index (χ1n) is 6.04. The van der Waals surface area contributed by atoms with Crippen LogP contribution in [0.15, 0.2) is 18.3 Å². The Labute approximate surface area is 97.9 Å². The van der Waals surface area contributed by atoms with E-state index in [1.54, 1.807) is 0 Å². The Bertz CT molecular complexity index is 335. The molecule has 0 aliphatic heterocycles. The number of aryl methyl sites for hydroxylation is 1. The molecule has 0 fully saturated rings. The smallest absolute Gasteiger partial charge is 0.0621 e. The number of nitriles is 1. The number of nitrogens with zero attached hydrogens (tertiary/aromatic N) is 2. The summed E-state index contributed by atoms with van der Waals surface area (Å²) in [6.45, 7) is 3.12. The number of rotatable bonds is 7. The van der Waals surface area contributed by atoms with Crippen LogP contribution in [0.3, 0.4) is 0 Å². The molecule has 1 aromatic heterocycles. The fourth-order valence-electron chi connectivity index (χ4n) is 1.75. The van der Waals surface area contributed by atoms with Gasteiger partial charge in [-0.05, 0) is 31.4 Å². The second-order valence-electron chi connectivity index (χ2n) is 4.18. The molecule has 1 heterocycles. The molecule has 1 rings (SSSR count). The third kappa shape index (κ3) is 4.08. The molecule has 3 nitrogen and oxygen atoms in total. The minimum atomic E-state index is 0.257. The summed E-state index contributed by atoms with van der Waals surface area (Å²) in [6.07, 6.45) is 6.76. The van der Waals surface area contributed by atoms with Gasteiger partial charge in [0.05, 0.1) is 6.07 Å². The topological polar surface area (TPSA) is 54.7 Å². The van der Waals surface area contributed by atoms with Crippen molar-refractivity contribution in [2.45, 2.75) is 51.6 Å². The Hall–Kier alpha value is -1.27. The van der Waals surface area contributed by atoms with E-state index in [9.17, 15) is 0 Å². The summed E-state index contributed by atoms with van der Waals surface area (Å²) in [5, 5.41) is 8.46. The molecule has 0 aliphatic carbocycles. The van der Waals surface area contributed by atoms with Gasteiger partial charge in [0.15, 0.2) is 0 Å². The predicted octanol–water partition coefficient (Wildman–Crippen LogP) is 2.46. The van der Waals surface area contributed by atoms with Crippen molar-refractivity contribution >= 4 is 0 Å². The quantitative estimate of drug-likeness (QED) is 0.716. The molecule has 0 saturated carbocycles. The molecular formula is C13H21N3. The molecule has 16 heavy (non-hydrogen) atoms. The van der Waals surface area contributed by atoms with Crippen LogP contribution in [0, 0.1) is 11.3 Å². The highest BCUT2D eigenvalue weighted by Crippen LogP contribution is 2.08. The summed E-state index contributed by atoms with van der Waals surface area (Å²) in [5.41, 5.74) is 7.26. The van der Waals surface area contributed by atoms with Gasteiger partial charge in [0.25, 0.3) is 0 Å². The van der Waals surface area contributed by atoms with Crippen LogP contribution in [0.5, 0.6) is 0 Å². The zero-order valence-corrected chi connectivity index (χ0v) is 10.0. The first kappa shape index (κ1) is 12.8. The molecule has 1 aromatic rings. The van der Waals surface area contributed by atoms with Gasteiger partial charge in [-0.25, -0.2) is 0 Å². The normalized spacial score (nSPS) is 12.3. The van der Waals surface area contributed by atoms with E-state index in [1.807, 2.05) is 0 Å². The summed E-state index contributed by atoms with van der Waals surface area (Å²) in [7, 11) is 0. The molecule has 0 radical (unpaired) electrons. The fourth-order valence-corrected chi connectivity index (χ4v) is 1.75. The minimum absolute atomic E-state index is 0.257. The lowest BCUT2D eigenvalue weighted by atomic mass is 10.1. The molecule has 2 N–H and O–H groups in total. The van der Waals surface area contributed by atoms with Crippen molar-refractivity contribution in [3.05, 3.63) is 24.0 Å². The van der Waals surface area contributed by atoms with Crippen LogP contribution in [-0.4, -0.2) is 10.6 Å². The van der Waals surface area contributed by atoms with Gasteiger partial charge in [-0.1, -0.05) is 6.92 Å². The van der Waals surface area contributed by atoms with E-state index in [4.69, 9.17) is 11.0 Å². The lowest BCUT2D eigenvalue weighted by Crippen LogP contribution is -2.23. The van der Waals surface area contributed by atoms with E-state index < -0.39 is 0 Å². The molecule has 1 atom stereocenters. The Kier molecular flexibility index (Phi) is 5.66. The summed E-state index contributed by atoms with van der Waals surface area (Å²) >= 11 is 0. The average Bonchev–Trinajstić information content (AvgIpc) is 2.72. The summed E-state index contributed by atoms with van der Waals surface area (Å²) in [4.78, 5) is 0. The standard InChI is InChI=1S/C13H21N3/c1-2-12(15)11-13-7-6-10-16(13)9-5-3-4-8-14/h6-7,10,12H,2-5,9,11,15H2,1H3. The first-order valence-corrected chi connectivity index (χ1v) is 6.04. The predicted molar refractivity (Wildman–Crippen MR) is 65.9 cm³/mol. The van der Waals surface area contributed by atoms with Gasteiger partial charge >= 0.3 is 0 Å².